The average molecular weight is 373 g/mol. The summed E-state index contributed by atoms with van der Waals surface area (Å²) in [7, 11) is 0. The quantitative estimate of drug-likeness (QED) is 0.472. The highest BCUT2D eigenvalue weighted by Crippen LogP contribution is 2.30. The Kier molecular flexibility index (Phi) is 3.72. The van der Waals surface area contributed by atoms with Crippen LogP contribution in [0, 0.1) is 5.82 Å². The molecule has 0 saturated carbocycles. The summed E-state index contributed by atoms with van der Waals surface area (Å²) < 4.78 is 15.5. The molecule has 0 aliphatic heterocycles. The molecule has 0 saturated heterocycles. The van der Waals surface area contributed by atoms with Crippen molar-refractivity contribution in [2.24, 2.45) is 0 Å². The Morgan fingerprint density at radius 3 is 2.74 bits per heavy atom. The third-order valence-electron chi connectivity index (χ3n) is 4.21. The lowest BCUT2D eigenvalue weighted by atomic mass is 10.2. The molecule has 0 aliphatic rings. The van der Waals surface area contributed by atoms with Crippen LogP contribution in [0.3, 0.4) is 0 Å². The minimum atomic E-state index is -0.383. The smallest absolute Gasteiger partial charge is 0.162 e. The number of benzene rings is 2. The molecular weight excluding hydrogens is 361 g/mol. The number of anilines is 2. The van der Waals surface area contributed by atoms with Gasteiger partial charge in [-0.2, -0.15) is 0 Å². The number of nitrogens with one attached hydrogen (secondary N) is 1. The third kappa shape index (κ3) is 2.88. The standard InChI is InChI=1S/C20H12FN5S/c21-15-3-1-2-14-18(15)25-19(12-6-8-22-9-7-12)26-20(14)24-13-4-5-16-17(10-13)27-11-23-16/h1-11H,(H,24,25,26). The van der Waals surface area contributed by atoms with Gasteiger partial charge >= 0.3 is 0 Å². The van der Waals surface area contributed by atoms with Gasteiger partial charge in [-0.25, -0.2) is 19.3 Å². The maximum Gasteiger partial charge on any atom is 0.162 e. The predicted molar refractivity (Wildman–Crippen MR) is 106 cm³/mol. The first-order valence-corrected chi connectivity index (χ1v) is 9.13. The summed E-state index contributed by atoms with van der Waals surface area (Å²) >= 11 is 1.57. The van der Waals surface area contributed by atoms with Crippen molar-refractivity contribution in [3.05, 3.63) is 72.3 Å². The van der Waals surface area contributed by atoms with E-state index in [1.807, 2.05) is 29.8 Å². The number of para-hydroxylation sites is 1. The van der Waals surface area contributed by atoms with E-state index >= 15 is 0 Å². The van der Waals surface area contributed by atoms with Crippen molar-refractivity contribution in [1.29, 1.82) is 0 Å². The number of nitrogens with zero attached hydrogens (tertiary/aromatic N) is 4. The van der Waals surface area contributed by atoms with E-state index in [0.29, 0.717) is 17.0 Å². The molecule has 2 aromatic carbocycles. The van der Waals surface area contributed by atoms with Crippen LogP contribution in [0.15, 0.2) is 66.4 Å². The SMILES string of the molecule is Fc1cccc2c(Nc3ccc4ncsc4c3)nc(-c3ccncc3)nc12. The van der Waals surface area contributed by atoms with Crippen LogP contribution in [0.25, 0.3) is 32.5 Å². The number of pyridine rings is 1. The molecule has 1 N–H and O–H groups in total. The van der Waals surface area contributed by atoms with Crippen molar-refractivity contribution >= 4 is 44.0 Å². The second-order valence-corrected chi connectivity index (χ2v) is 6.81. The van der Waals surface area contributed by atoms with Crippen LogP contribution in [-0.4, -0.2) is 19.9 Å². The number of hydrogen-bond donors (Lipinski definition) is 1. The van der Waals surface area contributed by atoms with Crippen molar-refractivity contribution in [1.82, 2.24) is 19.9 Å². The van der Waals surface area contributed by atoms with Gasteiger partial charge in [-0.15, -0.1) is 11.3 Å². The molecule has 0 atom stereocenters. The van der Waals surface area contributed by atoms with E-state index in [9.17, 15) is 4.39 Å². The Morgan fingerprint density at radius 2 is 1.85 bits per heavy atom. The molecule has 0 fully saturated rings. The second kappa shape index (κ2) is 6.37. The van der Waals surface area contributed by atoms with Crippen molar-refractivity contribution in [3.63, 3.8) is 0 Å². The zero-order valence-electron chi connectivity index (χ0n) is 13.9. The van der Waals surface area contributed by atoms with E-state index < -0.39 is 0 Å². The minimum Gasteiger partial charge on any atom is -0.340 e. The highest BCUT2D eigenvalue weighted by atomic mass is 32.1. The van der Waals surface area contributed by atoms with E-state index in [2.05, 4.69) is 25.3 Å². The van der Waals surface area contributed by atoms with Crippen molar-refractivity contribution in [3.8, 4) is 11.4 Å². The van der Waals surface area contributed by atoms with Gasteiger partial charge in [0.1, 0.15) is 17.2 Å². The van der Waals surface area contributed by atoms with Crippen molar-refractivity contribution < 1.29 is 4.39 Å². The van der Waals surface area contributed by atoms with Crippen LogP contribution in [0.2, 0.25) is 0 Å². The Bertz CT molecular complexity index is 1270. The van der Waals surface area contributed by atoms with Crippen LogP contribution in [-0.2, 0) is 0 Å². The molecule has 5 nitrogen and oxygen atoms in total. The molecule has 0 unspecified atom stereocenters. The fourth-order valence-electron chi connectivity index (χ4n) is 2.91. The third-order valence-corrected chi connectivity index (χ3v) is 5.00. The van der Waals surface area contributed by atoms with Crippen LogP contribution >= 0.6 is 11.3 Å². The first-order chi connectivity index (χ1) is 13.3. The van der Waals surface area contributed by atoms with Crippen molar-refractivity contribution in [2.45, 2.75) is 0 Å². The van der Waals surface area contributed by atoms with Crippen LogP contribution < -0.4 is 5.32 Å². The molecule has 0 radical (unpaired) electrons. The molecule has 3 heterocycles. The Hall–Kier alpha value is -3.45. The lowest BCUT2D eigenvalue weighted by molar-refractivity contribution is 0.636. The Balaban J connectivity index is 1.68. The first kappa shape index (κ1) is 15.8. The summed E-state index contributed by atoms with van der Waals surface area (Å²) in [5.41, 5.74) is 4.67. The van der Waals surface area contributed by atoms with Crippen LogP contribution in [0.1, 0.15) is 0 Å². The zero-order chi connectivity index (χ0) is 18.2. The lowest BCUT2D eigenvalue weighted by Gasteiger charge is -2.11. The summed E-state index contributed by atoms with van der Waals surface area (Å²) in [6.07, 6.45) is 3.32. The summed E-state index contributed by atoms with van der Waals surface area (Å²) in [5, 5.41) is 3.93. The van der Waals surface area contributed by atoms with Gasteiger partial charge in [0.2, 0.25) is 0 Å². The van der Waals surface area contributed by atoms with Crippen molar-refractivity contribution in [2.75, 3.05) is 5.32 Å². The lowest BCUT2D eigenvalue weighted by Crippen LogP contribution is -2.00. The van der Waals surface area contributed by atoms with Gasteiger partial charge in [0.05, 0.1) is 15.7 Å². The summed E-state index contributed by atoms with van der Waals surface area (Å²) in [5.74, 6) is 0.609. The molecule has 27 heavy (non-hydrogen) atoms. The van der Waals surface area contributed by atoms with Crippen LogP contribution in [0.4, 0.5) is 15.9 Å². The number of aromatic nitrogens is 4. The fourth-order valence-corrected chi connectivity index (χ4v) is 3.63. The average Bonchev–Trinajstić information content (AvgIpc) is 3.17. The molecule has 0 amide bonds. The number of hydrogen-bond acceptors (Lipinski definition) is 6. The van der Waals surface area contributed by atoms with E-state index in [-0.39, 0.29) is 11.3 Å². The summed E-state index contributed by atoms with van der Waals surface area (Å²) in [6.45, 7) is 0. The maximum absolute atomic E-state index is 14.4. The molecule has 3 aromatic heterocycles. The molecule has 130 valence electrons. The van der Waals surface area contributed by atoms with Gasteiger partial charge in [-0.1, -0.05) is 6.07 Å². The summed E-state index contributed by atoms with van der Waals surface area (Å²) in [6, 6.07) is 14.4. The number of halogens is 1. The van der Waals surface area contributed by atoms with E-state index in [1.165, 1.54) is 6.07 Å². The molecular formula is C20H12FN5S. The highest BCUT2D eigenvalue weighted by Gasteiger charge is 2.13. The van der Waals surface area contributed by atoms with Gasteiger partial charge in [0.15, 0.2) is 5.82 Å². The number of thiazole rings is 1. The number of fused-ring (bicyclic) bond motifs is 2. The Labute approximate surface area is 157 Å². The highest BCUT2D eigenvalue weighted by molar-refractivity contribution is 7.16. The van der Waals surface area contributed by atoms with Gasteiger partial charge in [-0.3, -0.25) is 4.98 Å². The second-order valence-electron chi connectivity index (χ2n) is 5.93. The molecule has 0 spiro atoms. The first-order valence-electron chi connectivity index (χ1n) is 8.25. The molecule has 7 heteroatoms. The van der Waals surface area contributed by atoms with Gasteiger partial charge in [0.25, 0.3) is 0 Å². The normalized spacial score (nSPS) is 11.1. The largest absolute Gasteiger partial charge is 0.340 e. The zero-order valence-corrected chi connectivity index (χ0v) is 14.7. The monoisotopic (exact) mass is 373 g/mol. The molecule has 0 bridgehead atoms. The molecule has 5 rings (SSSR count). The van der Waals surface area contributed by atoms with E-state index in [1.54, 1.807) is 41.9 Å². The minimum absolute atomic E-state index is 0.278. The van der Waals surface area contributed by atoms with Gasteiger partial charge in [0, 0.05) is 29.0 Å². The van der Waals surface area contributed by atoms with Gasteiger partial charge in [-0.05, 0) is 42.5 Å². The van der Waals surface area contributed by atoms with E-state index in [0.717, 1.165) is 21.5 Å². The molecule has 0 aliphatic carbocycles. The topological polar surface area (TPSA) is 63.6 Å². The summed E-state index contributed by atoms with van der Waals surface area (Å²) in [4.78, 5) is 17.4. The molecule has 5 aromatic rings. The Morgan fingerprint density at radius 1 is 0.963 bits per heavy atom. The number of rotatable bonds is 3. The van der Waals surface area contributed by atoms with Crippen LogP contribution in [0.5, 0.6) is 0 Å². The van der Waals surface area contributed by atoms with Gasteiger partial charge < -0.3 is 5.32 Å². The maximum atomic E-state index is 14.4. The van der Waals surface area contributed by atoms with E-state index in [4.69, 9.17) is 0 Å². The fraction of sp³-hybridized carbons (Fsp3) is 0. The predicted octanol–water partition coefficient (Wildman–Crippen LogP) is 5.18.